The third-order valence-electron chi connectivity index (χ3n) is 8.26. The van der Waals surface area contributed by atoms with E-state index in [2.05, 4.69) is 90.6 Å². The molecule has 0 aliphatic carbocycles. The van der Waals surface area contributed by atoms with E-state index in [1.807, 2.05) is 55.5 Å². The predicted octanol–water partition coefficient (Wildman–Crippen LogP) is 6.40. The molecule has 2 unspecified atom stereocenters. The molecule has 4 aromatic rings. The zero-order valence-electron chi connectivity index (χ0n) is 26.1. The average molecular weight is 590 g/mol. The monoisotopic (exact) mass is 589 g/mol. The van der Waals surface area contributed by atoms with Crippen molar-refractivity contribution in [3.8, 4) is 11.3 Å². The summed E-state index contributed by atoms with van der Waals surface area (Å²) in [6.07, 6.45) is 3.65. The van der Waals surface area contributed by atoms with Gasteiger partial charge in [-0.05, 0) is 65.5 Å². The maximum Gasteiger partial charge on any atom is 0.253 e. The molecule has 0 radical (unpaired) electrons. The highest BCUT2D eigenvalue weighted by Crippen LogP contribution is 2.25. The van der Waals surface area contributed by atoms with Crippen LogP contribution in [0.4, 0.5) is 5.82 Å². The summed E-state index contributed by atoms with van der Waals surface area (Å²) in [6, 6.07) is 32.6. The number of nitrogens with one attached hydrogen (secondary N) is 3. The van der Waals surface area contributed by atoms with Gasteiger partial charge in [-0.2, -0.15) is 5.53 Å². The van der Waals surface area contributed by atoms with Gasteiger partial charge in [0.15, 0.2) is 0 Å². The summed E-state index contributed by atoms with van der Waals surface area (Å²) in [5.74, 6) is 0.455. The molecule has 7 heteroatoms. The molecule has 1 fully saturated rings. The molecule has 44 heavy (non-hydrogen) atoms. The van der Waals surface area contributed by atoms with Gasteiger partial charge in [0.25, 0.3) is 5.91 Å². The van der Waals surface area contributed by atoms with Crippen molar-refractivity contribution in [2.75, 3.05) is 5.32 Å². The van der Waals surface area contributed by atoms with Crippen molar-refractivity contribution in [3.63, 3.8) is 0 Å². The molecule has 0 saturated carbocycles. The second-order valence-corrected chi connectivity index (χ2v) is 12.6. The normalized spacial score (nSPS) is 16.0. The molecule has 3 N–H and O–H groups in total. The van der Waals surface area contributed by atoms with Crippen molar-refractivity contribution >= 4 is 17.6 Å². The summed E-state index contributed by atoms with van der Waals surface area (Å²) in [7, 11) is 0. The molecule has 7 nitrogen and oxygen atoms in total. The van der Waals surface area contributed by atoms with E-state index in [0.29, 0.717) is 12.2 Å². The Morgan fingerprint density at radius 1 is 0.886 bits per heavy atom. The van der Waals surface area contributed by atoms with E-state index in [1.54, 1.807) is 0 Å². The summed E-state index contributed by atoms with van der Waals surface area (Å²) in [4.78, 5) is 29.8. The Labute approximate surface area is 261 Å². The van der Waals surface area contributed by atoms with Crippen LogP contribution in [-0.2, 0) is 34.3 Å². The Kier molecular flexibility index (Phi) is 9.88. The van der Waals surface area contributed by atoms with Crippen LogP contribution in [0.1, 0.15) is 62.8 Å². The summed E-state index contributed by atoms with van der Waals surface area (Å²) >= 11 is 0. The lowest BCUT2D eigenvalue weighted by atomic mass is 9.86. The second kappa shape index (κ2) is 14.0. The first-order valence-corrected chi connectivity index (χ1v) is 15.5. The average Bonchev–Trinajstić information content (AvgIpc) is 3.40. The first-order valence-electron chi connectivity index (χ1n) is 15.5. The van der Waals surface area contributed by atoms with Crippen LogP contribution in [0, 0.1) is 0 Å². The molecule has 5 rings (SSSR count). The van der Waals surface area contributed by atoms with Gasteiger partial charge < -0.3 is 5.32 Å². The Morgan fingerprint density at radius 3 is 2.27 bits per heavy atom. The zero-order valence-corrected chi connectivity index (χ0v) is 26.1. The predicted molar refractivity (Wildman–Crippen MR) is 177 cm³/mol. The molecule has 0 spiro atoms. The number of rotatable bonds is 11. The fourth-order valence-electron chi connectivity index (χ4n) is 5.70. The van der Waals surface area contributed by atoms with Crippen LogP contribution in [0.15, 0.2) is 97.1 Å². The molecule has 2 atom stereocenters. The Morgan fingerprint density at radius 2 is 1.59 bits per heavy atom. The standard InChI is InChI=1S/C37H43N5O2/c1-5-33-36(44)40-41-42(33)31(23-18-26-16-21-30(22-17-26)37(2,3)4)24-28-14-19-29(20-15-28)32-12-9-13-34(38-32)39-35(43)25-27-10-7-6-8-11-27/h6-17,19-22,31,33,41H,5,18,23-25H2,1-4H3,(H,40,44)(H,38,39,43). The Hall–Kier alpha value is -4.33. The van der Waals surface area contributed by atoms with Crippen molar-refractivity contribution in [3.05, 3.63) is 119 Å². The SMILES string of the molecule is CCC1C(=O)NNN1C(CCc1ccc(C(C)(C)C)cc1)Cc1ccc(-c2cccc(NC(=O)Cc3ccccc3)n2)cc1. The molecule has 3 aromatic carbocycles. The fraction of sp³-hybridized carbons (Fsp3) is 0.324. The molecule has 1 aliphatic rings. The lowest BCUT2D eigenvalue weighted by Gasteiger charge is -2.30. The molecular formula is C37H43N5O2. The van der Waals surface area contributed by atoms with Gasteiger partial charge in [-0.15, -0.1) is 0 Å². The number of pyridine rings is 1. The van der Waals surface area contributed by atoms with Crippen molar-refractivity contribution < 1.29 is 9.59 Å². The molecule has 2 amide bonds. The van der Waals surface area contributed by atoms with Crippen LogP contribution in [0.3, 0.4) is 0 Å². The summed E-state index contributed by atoms with van der Waals surface area (Å²) in [5.41, 5.74) is 12.7. The van der Waals surface area contributed by atoms with Gasteiger partial charge >= 0.3 is 0 Å². The van der Waals surface area contributed by atoms with Crippen LogP contribution in [-0.4, -0.2) is 33.9 Å². The van der Waals surface area contributed by atoms with Gasteiger partial charge in [-0.1, -0.05) is 113 Å². The molecular weight excluding hydrogens is 546 g/mol. The highest BCUT2D eigenvalue weighted by Gasteiger charge is 2.35. The van der Waals surface area contributed by atoms with Crippen LogP contribution in [0.5, 0.6) is 0 Å². The highest BCUT2D eigenvalue weighted by atomic mass is 16.2. The molecule has 2 heterocycles. The minimum absolute atomic E-state index is 0.0178. The van der Waals surface area contributed by atoms with E-state index in [4.69, 9.17) is 4.98 Å². The first kappa shape index (κ1) is 31.1. The molecule has 228 valence electrons. The maximum absolute atomic E-state index is 12.6. The molecule has 1 aliphatic heterocycles. The van der Waals surface area contributed by atoms with E-state index in [9.17, 15) is 9.59 Å². The van der Waals surface area contributed by atoms with Crippen molar-refractivity contribution in [1.29, 1.82) is 0 Å². The quantitative estimate of drug-likeness (QED) is 0.189. The number of hydrogen-bond acceptors (Lipinski definition) is 5. The fourth-order valence-corrected chi connectivity index (χ4v) is 5.70. The van der Waals surface area contributed by atoms with Crippen molar-refractivity contribution in [1.82, 2.24) is 21.0 Å². The first-order chi connectivity index (χ1) is 21.2. The molecule has 0 bridgehead atoms. The minimum Gasteiger partial charge on any atom is -0.310 e. The van der Waals surface area contributed by atoms with Crippen LogP contribution >= 0.6 is 0 Å². The Bertz CT molecular complexity index is 1550. The summed E-state index contributed by atoms with van der Waals surface area (Å²) < 4.78 is 0. The summed E-state index contributed by atoms with van der Waals surface area (Å²) in [6.45, 7) is 8.74. The van der Waals surface area contributed by atoms with E-state index < -0.39 is 0 Å². The van der Waals surface area contributed by atoms with Gasteiger partial charge in [-0.25, -0.2) is 9.99 Å². The van der Waals surface area contributed by atoms with Gasteiger partial charge in [0.2, 0.25) is 5.91 Å². The maximum atomic E-state index is 12.6. The minimum atomic E-state index is -0.202. The van der Waals surface area contributed by atoms with Gasteiger partial charge in [0.05, 0.1) is 12.1 Å². The second-order valence-electron chi connectivity index (χ2n) is 12.6. The number of hydrogen-bond donors (Lipinski definition) is 3. The van der Waals surface area contributed by atoms with Gasteiger partial charge in [0.1, 0.15) is 11.9 Å². The lowest BCUT2D eigenvalue weighted by molar-refractivity contribution is -0.122. The number of hydrazine groups is 2. The molecule has 1 saturated heterocycles. The molecule has 1 aromatic heterocycles. The highest BCUT2D eigenvalue weighted by molar-refractivity contribution is 5.91. The summed E-state index contributed by atoms with van der Waals surface area (Å²) in [5, 5.41) is 5.02. The van der Waals surface area contributed by atoms with Crippen molar-refractivity contribution in [2.45, 2.75) is 77.3 Å². The topological polar surface area (TPSA) is 86.4 Å². The third kappa shape index (κ3) is 7.98. The number of aromatic nitrogens is 1. The van der Waals surface area contributed by atoms with E-state index in [1.165, 1.54) is 16.7 Å². The zero-order chi connectivity index (χ0) is 31.1. The van der Waals surface area contributed by atoms with E-state index in [0.717, 1.165) is 42.5 Å². The van der Waals surface area contributed by atoms with E-state index >= 15 is 0 Å². The van der Waals surface area contributed by atoms with Crippen LogP contribution < -0.4 is 16.3 Å². The van der Waals surface area contributed by atoms with Gasteiger partial charge in [0, 0.05) is 11.6 Å². The number of anilines is 1. The number of nitrogens with zero attached hydrogens (tertiary/aromatic N) is 2. The van der Waals surface area contributed by atoms with Crippen LogP contribution in [0.2, 0.25) is 0 Å². The smallest absolute Gasteiger partial charge is 0.253 e. The van der Waals surface area contributed by atoms with Crippen LogP contribution in [0.25, 0.3) is 11.3 Å². The number of amides is 2. The number of aryl methyl sites for hydroxylation is 1. The number of carbonyl (C=O) groups is 2. The Balaban J connectivity index is 1.27. The number of benzene rings is 3. The van der Waals surface area contributed by atoms with E-state index in [-0.39, 0.29) is 29.3 Å². The number of carbonyl (C=O) groups excluding carboxylic acids is 2. The van der Waals surface area contributed by atoms with Gasteiger partial charge in [-0.3, -0.25) is 15.0 Å². The lowest BCUT2D eigenvalue weighted by Crippen LogP contribution is -2.48. The largest absolute Gasteiger partial charge is 0.310 e. The third-order valence-corrected chi connectivity index (χ3v) is 8.26. The van der Waals surface area contributed by atoms with Crippen molar-refractivity contribution in [2.24, 2.45) is 0 Å².